The van der Waals surface area contributed by atoms with E-state index in [0.29, 0.717) is 11.5 Å². The molecule has 4 N–H and O–H groups in total. The first-order valence-corrected chi connectivity index (χ1v) is 6.98. The minimum Gasteiger partial charge on any atom is -0.393 e. The number of carbonyl (C=O) groups is 2. The number of imide groups is 1. The Hall–Kier alpha value is -1.21. The van der Waals surface area contributed by atoms with Crippen LogP contribution in [0.4, 0.5) is 4.79 Å². The van der Waals surface area contributed by atoms with Crippen LogP contribution in [0, 0.1) is 5.92 Å². The number of nitrogens with zero attached hydrogens (tertiary/aromatic N) is 1. The molecule has 1 aliphatic rings. The second-order valence-corrected chi connectivity index (χ2v) is 5.21. The molecule has 1 rings (SSSR count). The molecule has 0 aromatic rings. The molecule has 0 spiro atoms. The molecule has 0 aromatic heterocycles. The molecule has 1 aliphatic heterocycles. The highest BCUT2D eigenvalue weighted by Crippen LogP contribution is 2.19. The zero-order valence-corrected chi connectivity index (χ0v) is 12.3. The van der Waals surface area contributed by atoms with E-state index in [1.54, 1.807) is 13.8 Å². The second-order valence-electron chi connectivity index (χ2n) is 4.74. The Morgan fingerprint density at radius 2 is 2.00 bits per heavy atom. The van der Waals surface area contributed by atoms with Crippen molar-refractivity contribution in [3.8, 4) is 0 Å². The standard InChI is InChI=1S/C12H22N4O2S/c1-3-14-12(18)15-11(17)8(2)16-6-4-9(5-7-16)10(13)19/h8-9H,3-7H2,1-2H3,(H2,13,19)(H2,14,15,17,18). The maximum absolute atomic E-state index is 11.9. The molecule has 0 radical (unpaired) electrons. The number of thiocarbonyl (C=S) groups is 1. The topological polar surface area (TPSA) is 87.5 Å². The predicted molar refractivity (Wildman–Crippen MR) is 77.8 cm³/mol. The van der Waals surface area contributed by atoms with Crippen molar-refractivity contribution in [2.45, 2.75) is 32.7 Å². The van der Waals surface area contributed by atoms with Crippen molar-refractivity contribution in [1.29, 1.82) is 0 Å². The highest BCUT2D eigenvalue weighted by molar-refractivity contribution is 7.80. The van der Waals surface area contributed by atoms with E-state index < -0.39 is 6.03 Å². The molecule has 0 aliphatic carbocycles. The molecule has 0 saturated carbocycles. The Balaban J connectivity index is 2.42. The van der Waals surface area contributed by atoms with E-state index in [-0.39, 0.29) is 17.9 Å². The Morgan fingerprint density at radius 3 is 2.47 bits per heavy atom. The fraction of sp³-hybridized carbons (Fsp3) is 0.750. The number of nitrogens with two attached hydrogens (primary N) is 1. The minimum absolute atomic E-state index is 0.268. The predicted octanol–water partition coefficient (Wildman–Crippen LogP) is 0.219. The van der Waals surface area contributed by atoms with Crippen LogP contribution in [0.1, 0.15) is 26.7 Å². The number of piperidine rings is 1. The van der Waals surface area contributed by atoms with Crippen molar-refractivity contribution < 1.29 is 9.59 Å². The lowest BCUT2D eigenvalue weighted by Crippen LogP contribution is -2.52. The van der Waals surface area contributed by atoms with Gasteiger partial charge in [0.05, 0.1) is 11.0 Å². The maximum Gasteiger partial charge on any atom is 0.321 e. The Kier molecular flexibility index (Phi) is 6.17. The monoisotopic (exact) mass is 286 g/mol. The van der Waals surface area contributed by atoms with Gasteiger partial charge in [-0.2, -0.15) is 0 Å². The molecule has 1 heterocycles. The van der Waals surface area contributed by atoms with Gasteiger partial charge >= 0.3 is 6.03 Å². The SMILES string of the molecule is CCNC(=O)NC(=O)C(C)N1CCC(C(N)=S)CC1. The summed E-state index contributed by atoms with van der Waals surface area (Å²) >= 11 is 4.98. The van der Waals surface area contributed by atoms with E-state index in [0.717, 1.165) is 25.9 Å². The normalized spacial score (nSPS) is 18.6. The zero-order valence-electron chi connectivity index (χ0n) is 11.4. The molecule has 108 valence electrons. The fourth-order valence-electron chi connectivity index (χ4n) is 2.16. The number of hydrogen-bond acceptors (Lipinski definition) is 4. The highest BCUT2D eigenvalue weighted by Gasteiger charge is 2.28. The van der Waals surface area contributed by atoms with Crippen molar-refractivity contribution in [2.75, 3.05) is 19.6 Å². The zero-order chi connectivity index (χ0) is 14.4. The smallest absolute Gasteiger partial charge is 0.321 e. The minimum atomic E-state index is -0.447. The second kappa shape index (κ2) is 7.40. The summed E-state index contributed by atoms with van der Waals surface area (Å²) in [5.41, 5.74) is 5.63. The third kappa shape index (κ3) is 4.76. The summed E-state index contributed by atoms with van der Waals surface area (Å²) in [7, 11) is 0. The molecule has 0 aromatic carbocycles. The summed E-state index contributed by atoms with van der Waals surface area (Å²) in [5, 5.41) is 4.86. The fourth-order valence-corrected chi connectivity index (χ4v) is 2.39. The Morgan fingerprint density at radius 1 is 1.42 bits per heavy atom. The summed E-state index contributed by atoms with van der Waals surface area (Å²) in [6, 6.07) is -0.771. The van der Waals surface area contributed by atoms with Gasteiger partial charge in [0.25, 0.3) is 0 Å². The first-order chi connectivity index (χ1) is 8.95. The largest absolute Gasteiger partial charge is 0.393 e. The molecule has 6 nitrogen and oxygen atoms in total. The van der Waals surface area contributed by atoms with Crippen LogP contribution in [-0.4, -0.2) is 47.5 Å². The molecule has 19 heavy (non-hydrogen) atoms. The third-order valence-corrected chi connectivity index (χ3v) is 3.77. The van der Waals surface area contributed by atoms with E-state index in [1.165, 1.54) is 0 Å². The summed E-state index contributed by atoms with van der Waals surface area (Å²) in [5.74, 6) is -0.00961. The van der Waals surface area contributed by atoms with Crippen molar-refractivity contribution in [3.63, 3.8) is 0 Å². The van der Waals surface area contributed by atoms with Crippen molar-refractivity contribution in [2.24, 2.45) is 11.7 Å². The maximum atomic E-state index is 11.9. The molecule has 7 heteroatoms. The molecular weight excluding hydrogens is 264 g/mol. The number of likely N-dealkylation sites (tertiary alicyclic amines) is 1. The molecule has 0 bridgehead atoms. The molecule has 1 saturated heterocycles. The summed E-state index contributed by atoms with van der Waals surface area (Å²) in [6.45, 7) is 5.63. The van der Waals surface area contributed by atoms with E-state index in [9.17, 15) is 9.59 Å². The number of urea groups is 1. The van der Waals surface area contributed by atoms with Crippen LogP contribution in [0.3, 0.4) is 0 Å². The van der Waals surface area contributed by atoms with Crippen LogP contribution >= 0.6 is 12.2 Å². The van der Waals surface area contributed by atoms with Gasteiger partial charge in [-0.3, -0.25) is 15.0 Å². The van der Waals surface area contributed by atoms with Gasteiger partial charge in [0.15, 0.2) is 0 Å². The van der Waals surface area contributed by atoms with Crippen molar-refractivity contribution >= 4 is 29.1 Å². The molecule has 1 unspecified atom stereocenters. The van der Waals surface area contributed by atoms with Crippen LogP contribution in [0.25, 0.3) is 0 Å². The lowest BCUT2D eigenvalue weighted by molar-refractivity contribution is -0.125. The Labute approximate surface area is 119 Å². The van der Waals surface area contributed by atoms with E-state index in [2.05, 4.69) is 10.6 Å². The van der Waals surface area contributed by atoms with E-state index in [4.69, 9.17) is 18.0 Å². The number of nitrogens with one attached hydrogen (secondary N) is 2. The highest BCUT2D eigenvalue weighted by atomic mass is 32.1. The van der Waals surface area contributed by atoms with Gasteiger partial charge < -0.3 is 11.1 Å². The number of hydrogen-bond donors (Lipinski definition) is 3. The van der Waals surface area contributed by atoms with Gasteiger partial charge in [-0.25, -0.2) is 4.79 Å². The summed E-state index contributed by atoms with van der Waals surface area (Å²) in [4.78, 5) is 25.8. The van der Waals surface area contributed by atoms with Gasteiger partial charge in [-0.05, 0) is 39.8 Å². The average Bonchev–Trinajstić information content (AvgIpc) is 2.38. The summed E-state index contributed by atoms with van der Waals surface area (Å²) < 4.78 is 0. The van der Waals surface area contributed by atoms with Crippen LogP contribution < -0.4 is 16.4 Å². The van der Waals surface area contributed by atoms with Crippen LogP contribution in [0.2, 0.25) is 0 Å². The average molecular weight is 286 g/mol. The van der Waals surface area contributed by atoms with Crippen LogP contribution in [-0.2, 0) is 4.79 Å². The third-order valence-electron chi connectivity index (χ3n) is 3.43. The molecule has 1 fully saturated rings. The van der Waals surface area contributed by atoms with E-state index in [1.807, 2.05) is 4.90 Å². The lowest BCUT2D eigenvalue weighted by atomic mass is 9.96. The van der Waals surface area contributed by atoms with Gasteiger partial charge in [-0.1, -0.05) is 12.2 Å². The van der Waals surface area contributed by atoms with Gasteiger partial charge in [0.1, 0.15) is 0 Å². The number of amides is 3. The summed E-state index contributed by atoms with van der Waals surface area (Å²) in [6.07, 6.45) is 1.74. The van der Waals surface area contributed by atoms with Gasteiger partial charge in [0.2, 0.25) is 5.91 Å². The first kappa shape index (κ1) is 15.8. The number of carbonyl (C=O) groups excluding carboxylic acids is 2. The van der Waals surface area contributed by atoms with E-state index >= 15 is 0 Å². The number of rotatable bonds is 4. The molecule has 1 atom stereocenters. The molecular formula is C12H22N4O2S. The van der Waals surface area contributed by atoms with Crippen LogP contribution in [0.5, 0.6) is 0 Å². The molecule has 3 amide bonds. The van der Waals surface area contributed by atoms with Crippen molar-refractivity contribution in [3.05, 3.63) is 0 Å². The quantitative estimate of drug-likeness (QED) is 0.644. The van der Waals surface area contributed by atoms with Crippen molar-refractivity contribution in [1.82, 2.24) is 15.5 Å². The van der Waals surface area contributed by atoms with Crippen LogP contribution in [0.15, 0.2) is 0 Å². The van der Waals surface area contributed by atoms with Gasteiger partial charge in [-0.15, -0.1) is 0 Å². The first-order valence-electron chi connectivity index (χ1n) is 6.57. The lowest BCUT2D eigenvalue weighted by Gasteiger charge is -2.34. The Bertz CT molecular complexity index is 354. The van der Waals surface area contributed by atoms with Gasteiger partial charge in [0, 0.05) is 12.5 Å².